The van der Waals surface area contributed by atoms with Crippen molar-refractivity contribution in [2.75, 3.05) is 32.8 Å². The molecular weight excluding hydrogens is 410 g/mol. The van der Waals surface area contributed by atoms with E-state index in [4.69, 9.17) is 29.1 Å². The van der Waals surface area contributed by atoms with E-state index in [1.807, 2.05) is 12.1 Å². The lowest BCUT2D eigenvalue weighted by molar-refractivity contribution is -0.159. The third-order valence-electron chi connectivity index (χ3n) is 4.77. The standard InChI is InChI=1S/C17H21N5O3.C2H2O4/c23-15(19-8-14-4-2-6-24-14)11-22-9-13(10-22)17-20-16(21-25-17)12-3-1-5-18-7-12;3-1(4)2(5)6/h1,3,5,7,13-14H,2,4,6,8-11H2,(H,19,23);(H,3,4)(H,5,6). The van der Waals surface area contributed by atoms with Gasteiger partial charge in [-0.25, -0.2) is 9.59 Å². The second-order valence-electron chi connectivity index (χ2n) is 7.14. The molecule has 2 aliphatic heterocycles. The topological polar surface area (TPSA) is 168 Å². The fourth-order valence-electron chi connectivity index (χ4n) is 3.16. The molecule has 2 saturated heterocycles. The van der Waals surface area contributed by atoms with Gasteiger partial charge in [-0.05, 0) is 25.0 Å². The minimum absolute atomic E-state index is 0.0375. The van der Waals surface area contributed by atoms with E-state index in [9.17, 15) is 4.79 Å². The van der Waals surface area contributed by atoms with Gasteiger partial charge in [-0.3, -0.25) is 14.7 Å². The zero-order valence-electron chi connectivity index (χ0n) is 16.6. The molecule has 1 atom stereocenters. The fourth-order valence-corrected chi connectivity index (χ4v) is 3.16. The van der Waals surface area contributed by atoms with Crippen molar-refractivity contribution in [2.45, 2.75) is 24.9 Å². The van der Waals surface area contributed by atoms with Gasteiger partial charge >= 0.3 is 11.9 Å². The van der Waals surface area contributed by atoms with Gasteiger partial charge in [0.05, 0.1) is 18.6 Å². The van der Waals surface area contributed by atoms with Crippen LogP contribution < -0.4 is 5.32 Å². The summed E-state index contributed by atoms with van der Waals surface area (Å²) in [6.07, 6.45) is 5.71. The number of hydrogen-bond donors (Lipinski definition) is 3. The van der Waals surface area contributed by atoms with Crippen molar-refractivity contribution in [2.24, 2.45) is 0 Å². The van der Waals surface area contributed by atoms with Gasteiger partial charge in [-0.1, -0.05) is 5.16 Å². The number of nitrogens with one attached hydrogen (secondary N) is 1. The van der Waals surface area contributed by atoms with Crippen LogP contribution in [-0.4, -0.2) is 87.0 Å². The average molecular weight is 433 g/mol. The smallest absolute Gasteiger partial charge is 0.414 e. The summed E-state index contributed by atoms with van der Waals surface area (Å²) in [4.78, 5) is 40.7. The van der Waals surface area contributed by atoms with Crippen molar-refractivity contribution in [3.05, 3.63) is 30.4 Å². The highest BCUT2D eigenvalue weighted by Crippen LogP contribution is 2.27. The maximum absolute atomic E-state index is 12.0. The number of rotatable bonds is 6. The number of carbonyl (C=O) groups is 3. The number of carbonyl (C=O) groups excluding carboxylic acids is 1. The van der Waals surface area contributed by atoms with Crippen LogP contribution in [0.3, 0.4) is 0 Å². The first-order valence-corrected chi connectivity index (χ1v) is 9.73. The van der Waals surface area contributed by atoms with E-state index in [1.165, 1.54) is 0 Å². The van der Waals surface area contributed by atoms with Crippen molar-refractivity contribution in [3.8, 4) is 11.4 Å². The van der Waals surface area contributed by atoms with Crippen LogP contribution >= 0.6 is 0 Å². The van der Waals surface area contributed by atoms with Crippen LogP contribution in [0.25, 0.3) is 11.4 Å². The predicted molar refractivity (Wildman–Crippen MR) is 104 cm³/mol. The predicted octanol–water partition coefficient (Wildman–Crippen LogP) is -0.0184. The number of aliphatic carboxylic acids is 2. The van der Waals surface area contributed by atoms with Gasteiger partial charge in [-0.15, -0.1) is 0 Å². The molecule has 2 aliphatic rings. The molecule has 12 heteroatoms. The van der Waals surface area contributed by atoms with E-state index in [2.05, 4.69) is 25.3 Å². The fraction of sp³-hybridized carbons (Fsp3) is 0.474. The highest BCUT2D eigenvalue weighted by molar-refractivity contribution is 6.27. The maximum atomic E-state index is 12.0. The Hall–Kier alpha value is -3.38. The molecule has 4 heterocycles. The summed E-state index contributed by atoms with van der Waals surface area (Å²) in [5.41, 5.74) is 0.835. The molecule has 3 N–H and O–H groups in total. The first-order valence-electron chi connectivity index (χ1n) is 9.73. The summed E-state index contributed by atoms with van der Waals surface area (Å²) in [6, 6.07) is 3.73. The quantitative estimate of drug-likeness (QED) is 0.524. The van der Waals surface area contributed by atoms with Gasteiger partial charge in [-0.2, -0.15) is 4.98 Å². The Bertz CT molecular complexity index is 880. The van der Waals surface area contributed by atoms with Crippen molar-refractivity contribution in [1.29, 1.82) is 0 Å². The molecule has 1 amide bonds. The summed E-state index contributed by atoms with van der Waals surface area (Å²) in [5.74, 6) is -2.25. The first-order chi connectivity index (χ1) is 14.9. The van der Waals surface area contributed by atoms with E-state index >= 15 is 0 Å². The van der Waals surface area contributed by atoms with E-state index in [0.29, 0.717) is 24.8 Å². The Labute approximate surface area is 177 Å². The molecular formula is C19H23N5O7. The minimum atomic E-state index is -1.82. The molecule has 12 nitrogen and oxygen atoms in total. The normalized spacial score (nSPS) is 18.5. The number of likely N-dealkylation sites (tertiary alicyclic amines) is 1. The van der Waals surface area contributed by atoms with Crippen LogP contribution in [0.1, 0.15) is 24.7 Å². The molecule has 2 fully saturated rings. The Morgan fingerprint density at radius 1 is 1.23 bits per heavy atom. The number of amides is 1. The van der Waals surface area contributed by atoms with Gasteiger partial charge in [0.25, 0.3) is 0 Å². The SMILES string of the molecule is O=C(CN1CC(c2nc(-c3cccnc3)no2)C1)NCC1CCCO1.O=C(O)C(=O)O. The van der Waals surface area contributed by atoms with Crippen LogP contribution in [0.5, 0.6) is 0 Å². The van der Waals surface area contributed by atoms with E-state index in [0.717, 1.165) is 38.1 Å². The maximum Gasteiger partial charge on any atom is 0.414 e. The number of hydrogen-bond acceptors (Lipinski definition) is 9. The molecule has 0 radical (unpaired) electrons. The van der Waals surface area contributed by atoms with Crippen LogP contribution in [0.2, 0.25) is 0 Å². The third-order valence-corrected chi connectivity index (χ3v) is 4.77. The molecule has 4 rings (SSSR count). The van der Waals surface area contributed by atoms with Gasteiger partial charge < -0.3 is 24.8 Å². The van der Waals surface area contributed by atoms with E-state index in [-0.39, 0.29) is 17.9 Å². The average Bonchev–Trinajstić information content (AvgIpc) is 3.42. The molecule has 0 bridgehead atoms. The number of ether oxygens (including phenoxy) is 1. The van der Waals surface area contributed by atoms with Crippen LogP contribution in [-0.2, 0) is 19.1 Å². The molecule has 2 aromatic heterocycles. The number of carboxylic acid groups (broad SMARTS) is 2. The number of nitrogens with zero attached hydrogens (tertiary/aromatic N) is 4. The highest BCUT2D eigenvalue weighted by atomic mass is 16.5. The van der Waals surface area contributed by atoms with E-state index in [1.54, 1.807) is 12.4 Å². The molecule has 0 saturated carbocycles. The Morgan fingerprint density at radius 3 is 2.61 bits per heavy atom. The van der Waals surface area contributed by atoms with Crippen LogP contribution in [0.4, 0.5) is 0 Å². The second-order valence-corrected chi connectivity index (χ2v) is 7.14. The second kappa shape index (κ2) is 10.6. The Morgan fingerprint density at radius 2 is 2.00 bits per heavy atom. The summed E-state index contributed by atoms with van der Waals surface area (Å²) in [6.45, 7) is 3.31. The van der Waals surface area contributed by atoms with Gasteiger partial charge in [0.2, 0.25) is 17.6 Å². The lowest BCUT2D eigenvalue weighted by Gasteiger charge is -2.36. The Balaban J connectivity index is 0.000000401. The largest absolute Gasteiger partial charge is 0.473 e. The van der Waals surface area contributed by atoms with Gasteiger partial charge in [0.1, 0.15) is 0 Å². The zero-order chi connectivity index (χ0) is 22.2. The molecule has 2 aromatic rings. The molecule has 166 valence electrons. The van der Waals surface area contributed by atoms with Gasteiger partial charge in [0.15, 0.2) is 0 Å². The highest BCUT2D eigenvalue weighted by Gasteiger charge is 2.33. The Kier molecular flexibility index (Phi) is 7.62. The van der Waals surface area contributed by atoms with Crippen molar-refractivity contribution in [1.82, 2.24) is 25.3 Å². The number of carboxylic acids is 2. The lowest BCUT2D eigenvalue weighted by atomic mass is 10.0. The summed E-state index contributed by atoms with van der Waals surface area (Å²) in [5, 5.41) is 21.7. The molecule has 0 aliphatic carbocycles. The number of aromatic nitrogens is 3. The molecule has 1 unspecified atom stereocenters. The minimum Gasteiger partial charge on any atom is -0.473 e. The molecule has 0 aromatic carbocycles. The van der Waals surface area contributed by atoms with Crippen molar-refractivity contribution >= 4 is 17.8 Å². The number of pyridine rings is 1. The first kappa shape index (κ1) is 22.3. The monoisotopic (exact) mass is 433 g/mol. The van der Waals surface area contributed by atoms with Crippen molar-refractivity contribution in [3.63, 3.8) is 0 Å². The third kappa shape index (κ3) is 6.55. The molecule has 31 heavy (non-hydrogen) atoms. The van der Waals surface area contributed by atoms with Gasteiger partial charge in [0, 0.05) is 44.2 Å². The summed E-state index contributed by atoms with van der Waals surface area (Å²) >= 11 is 0. The lowest BCUT2D eigenvalue weighted by Crippen LogP contribution is -2.50. The zero-order valence-corrected chi connectivity index (χ0v) is 16.6. The van der Waals surface area contributed by atoms with Crippen LogP contribution in [0.15, 0.2) is 29.0 Å². The summed E-state index contributed by atoms with van der Waals surface area (Å²) in [7, 11) is 0. The van der Waals surface area contributed by atoms with Crippen molar-refractivity contribution < 1.29 is 33.9 Å². The summed E-state index contributed by atoms with van der Waals surface area (Å²) < 4.78 is 10.9. The van der Waals surface area contributed by atoms with E-state index < -0.39 is 11.9 Å². The van der Waals surface area contributed by atoms with Crippen LogP contribution in [0, 0.1) is 0 Å². The molecule has 0 spiro atoms.